The summed E-state index contributed by atoms with van der Waals surface area (Å²) in [7, 11) is 4.50. The number of carbonyl (C=O) groups is 2. The second-order valence-electron chi connectivity index (χ2n) is 6.66. The van der Waals surface area contributed by atoms with E-state index in [1.165, 1.54) is 28.3 Å². The molecule has 0 amide bonds. The Morgan fingerprint density at radius 3 is 2.00 bits per heavy atom. The zero-order valence-corrected chi connectivity index (χ0v) is 16.9. The quantitative estimate of drug-likeness (QED) is 0.604. The predicted octanol–water partition coefficient (Wildman–Crippen LogP) is 4.02. The van der Waals surface area contributed by atoms with Crippen LogP contribution < -0.4 is 14.2 Å². The predicted molar refractivity (Wildman–Crippen MR) is 106 cm³/mol. The number of benzene rings is 1. The fourth-order valence-electron chi connectivity index (χ4n) is 3.52. The number of hydrogen-bond donors (Lipinski definition) is 0. The molecule has 0 aliphatic heterocycles. The number of carbonyl (C=O) groups excluding carboxylic acids is 2. The van der Waals surface area contributed by atoms with E-state index in [2.05, 4.69) is 0 Å². The van der Waals surface area contributed by atoms with Crippen LogP contribution in [0.3, 0.4) is 0 Å². The Kier molecular flexibility index (Phi) is 5.14. The first-order valence-corrected chi connectivity index (χ1v) is 8.80. The first kappa shape index (κ1) is 19.5. The maximum absolute atomic E-state index is 13.4. The van der Waals surface area contributed by atoms with Crippen molar-refractivity contribution in [3.05, 3.63) is 58.4 Å². The number of pyridine rings is 1. The smallest absolute Gasteiger partial charge is 0.210 e. The van der Waals surface area contributed by atoms with Gasteiger partial charge in [0, 0.05) is 17.3 Å². The minimum absolute atomic E-state index is 0.0894. The average Bonchev–Trinajstić information content (AvgIpc) is 3.06. The van der Waals surface area contributed by atoms with Gasteiger partial charge in [-0.15, -0.1) is 0 Å². The zero-order chi connectivity index (χ0) is 20.6. The Balaban J connectivity index is 2.26. The molecule has 0 aliphatic rings. The van der Waals surface area contributed by atoms with Crippen molar-refractivity contribution >= 4 is 17.1 Å². The van der Waals surface area contributed by atoms with Crippen LogP contribution in [0.15, 0.2) is 30.5 Å². The summed E-state index contributed by atoms with van der Waals surface area (Å²) in [5, 5.41) is 0. The van der Waals surface area contributed by atoms with E-state index in [0.717, 1.165) is 16.6 Å². The van der Waals surface area contributed by atoms with Gasteiger partial charge >= 0.3 is 0 Å². The molecule has 0 unspecified atom stereocenters. The van der Waals surface area contributed by atoms with Crippen LogP contribution in [0.2, 0.25) is 0 Å². The Labute approximate surface area is 163 Å². The lowest BCUT2D eigenvalue weighted by Gasteiger charge is -2.14. The Hall–Kier alpha value is -3.28. The maximum atomic E-state index is 13.4. The fourth-order valence-corrected chi connectivity index (χ4v) is 3.52. The van der Waals surface area contributed by atoms with Gasteiger partial charge in [0.2, 0.25) is 11.5 Å². The highest BCUT2D eigenvalue weighted by Crippen LogP contribution is 2.39. The van der Waals surface area contributed by atoms with Crippen LogP contribution >= 0.6 is 0 Å². The van der Waals surface area contributed by atoms with Crippen molar-refractivity contribution < 1.29 is 23.8 Å². The molecule has 1 aromatic carbocycles. The first-order valence-electron chi connectivity index (χ1n) is 8.80. The highest BCUT2D eigenvalue weighted by atomic mass is 16.5. The number of aromatic nitrogens is 1. The molecule has 6 heteroatoms. The van der Waals surface area contributed by atoms with E-state index in [9.17, 15) is 9.59 Å². The topological polar surface area (TPSA) is 66.2 Å². The molecule has 0 bridgehead atoms. The van der Waals surface area contributed by atoms with E-state index >= 15 is 0 Å². The zero-order valence-electron chi connectivity index (χ0n) is 16.9. The normalized spacial score (nSPS) is 10.8. The Morgan fingerprint density at radius 2 is 1.50 bits per heavy atom. The maximum Gasteiger partial charge on any atom is 0.210 e. The van der Waals surface area contributed by atoms with E-state index in [1.54, 1.807) is 22.6 Å². The molecular formula is C22H23NO5. The van der Waals surface area contributed by atoms with E-state index < -0.39 is 0 Å². The molecule has 0 saturated heterocycles. The van der Waals surface area contributed by atoms with Gasteiger partial charge in [0.1, 0.15) is 0 Å². The van der Waals surface area contributed by atoms with Crippen LogP contribution in [0.5, 0.6) is 17.2 Å². The highest BCUT2D eigenvalue weighted by molar-refractivity contribution is 6.12. The lowest BCUT2D eigenvalue weighted by Crippen LogP contribution is -2.07. The number of nitrogens with zero attached hydrogens (tertiary/aromatic N) is 1. The van der Waals surface area contributed by atoms with Gasteiger partial charge in [-0.3, -0.25) is 9.59 Å². The number of hydrogen-bond acceptors (Lipinski definition) is 5. The van der Waals surface area contributed by atoms with Gasteiger partial charge in [-0.2, -0.15) is 0 Å². The number of ether oxygens (including phenoxy) is 3. The largest absolute Gasteiger partial charge is 0.493 e. The summed E-state index contributed by atoms with van der Waals surface area (Å²) in [5.74, 6) is 0.869. The number of rotatable bonds is 6. The number of ketones is 2. The van der Waals surface area contributed by atoms with Gasteiger partial charge in [0.25, 0.3) is 0 Å². The summed E-state index contributed by atoms with van der Waals surface area (Å²) in [6, 6.07) is 6.86. The summed E-state index contributed by atoms with van der Waals surface area (Å²) in [6.07, 6.45) is 1.86. The van der Waals surface area contributed by atoms with Crippen molar-refractivity contribution in [3.63, 3.8) is 0 Å². The molecule has 0 spiro atoms. The highest BCUT2D eigenvalue weighted by Gasteiger charge is 2.23. The Morgan fingerprint density at radius 1 is 0.893 bits per heavy atom. The van der Waals surface area contributed by atoms with Crippen LogP contribution in [-0.2, 0) is 0 Å². The molecule has 0 saturated carbocycles. The van der Waals surface area contributed by atoms with Crippen LogP contribution in [0, 0.1) is 13.8 Å². The van der Waals surface area contributed by atoms with E-state index in [4.69, 9.17) is 14.2 Å². The lowest BCUT2D eigenvalue weighted by molar-refractivity contribution is 0.101. The summed E-state index contributed by atoms with van der Waals surface area (Å²) in [6.45, 7) is 5.39. The van der Waals surface area contributed by atoms with Gasteiger partial charge in [0.15, 0.2) is 17.3 Å². The minimum atomic E-state index is -0.244. The second kappa shape index (κ2) is 7.38. The summed E-state index contributed by atoms with van der Waals surface area (Å²) in [5.41, 5.74) is 3.98. The number of methoxy groups -OCH3 is 3. The van der Waals surface area contributed by atoms with Gasteiger partial charge in [0.05, 0.1) is 32.5 Å². The van der Waals surface area contributed by atoms with Crippen LogP contribution in [0.25, 0.3) is 5.52 Å². The average molecular weight is 381 g/mol. The molecule has 146 valence electrons. The molecule has 0 radical (unpaired) electrons. The molecule has 3 aromatic rings. The standard InChI is InChI=1S/C22H23NO5/c1-12-7-13(2)20-16(14(3)24)10-17(23(20)11-12)21(25)15-8-18(26-4)22(28-6)19(9-15)27-5/h7-11H,1-6H3. The molecule has 28 heavy (non-hydrogen) atoms. The number of fused-ring (bicyclic) bond motifs is 1. The molecule has 0 aliphatic carbocycles. The van der Waals surface area contributed by atoms with Gasteiger partial charge in [-0.05, 0) is 50.1 Å². The second-order valence-corrected chi connectivity index (χ2v) is 6.66. The van der Waals surface area contributed by atoms with Gasteiger partial charge in [-0.25, -0.2) is 0 Å². The summed E-state index contributed by atoms with van der Waals surface area (Å²) in [4.78, 5) is 25.5. The van der Waals surface area contributed by atoms with Crippen molar-refractivity contribution in [2.24, 2.45) is 0 Å². The molecule has 0 fully saturated rings. The first-order chi connectivity index (χ1) is 13.3. The van der Waals surface area contributed by atoms with E-state index in [-0.39, 0.29) is 11.6 Å². The summed E-state index contributed by atoms with van der Waals surface area (Å²) < 4.78 is 17.8. The van der Waals surface area contributed by atoms with Crippen LogP contribution in [0.1, 0.15) is 44.5 Å². The number of aryl methyl sites for hydroxylation is 2. The molecular weight excluding hydrogens is 358 g/mol. The van der Waals surface area contributed by atoms with Crippen LogP contribution in [-0.4, -0.2) is 37.3 Å². The fraction of sp³-hybridized carbons (Fsp3) is 0.273. The van der Waals surface area contributed by atoms with Gasteiger partial charge in [-0.1, -0.05) is 6.07 Å². The van der Waals surface area contributed by atoms with Crippen LogP contribution in [0.4, 0.5) is 0 Å². The number of Topliss-reactive ketones (excluding diaryl/α,β-unsaturated/α-hetero) is 1. The van der Waals surface area contributed by atoms with Crippen molar-refractivity contribution in [1.29, 1.82) is 0 Å². The third kappa shape index (κ3) is 3.11. The van der Waals surface area contributed by atoms with E-state index in [0.29, 0.717) is 34.1 Å². The molecule has 2 heterocycles. The monoisotopic (exact) mass is 381 g/mol. The van der Waals surface area contributed by atoms with Gasteiger partial charge < -0.3 is 18.6 Å². The third-order valence-corrected chi connectivity index (χ3v) is 4.73. The molecule has 0 N–H and O–H groups in total. The van der Waals surface area contributed by atoms with Crippen molar-refractivity contribution in [2.45, 2.75) is 20.8 Å². The van der Waals surface area contributed by atoms with Crippen molar-refractivity contribution in [2.75, 3.05) is 21.3 Å². The third-order valence-electron chi connectivity index (χ3n) is 4.73. The molecule has 6 nitrogen and oxygen atoms in total. The SMILES string of the molecule is COc1cc(C(=O)c2cc(C(C)=O)c3c(C)cc(C)cn23)cc(OC)c1OC. The van der Waals surface area contributed by atoms with Crippen molar-refractivity contribution in [1.82, 2.24) is 4.40 Å². The minimum Gasteiger partial charge on any atom is -0.493 e. The Bertz CT molecular complexity index is 1070. The molecule has 0 atom stereocenters. The molecule has 2 aromatic heterocycles. The van der Waals surface area contributed by atoms with Crippen molar-refractivity contribution in [3.8, 4) is 17.2 Å². The van der Waals surface area contributed by atoms with E-state index in [1.807, 2.05) is 26.1 Å². The lowest BCUT2D eigenvalue weighted by atomic mass is 10.1. The summed E-state index contributed by atoms with van der Waals surface area (Å²) >= 11 is 0. The molecule has 3 rings (SSSR count).